The molecule has 3 amide bonds. The van der Waals surface area contributed by atoms with Gasteiger partial charge in [-0.3, -0.25) is 9.69 Å². The molecule has 0 atom stereocenters. The van der Waals surface area contributed by atoms with Crippen molar-refractivity contribution < 1.29 is 14.3 Å². The van der Waals surface area contributed by atoms with Crippen LogP contribution in [0.25, 0.3) is 0 Å². The van der Waals surface area contributed by atoms with Crippen molar-refractivity contribution in [2.45, 2.75) is 0 Å². The summed E-state index contributed by atoms with van der Waals surface area (Å²) in [7, 11) is 3.49. The molecule has 1 heterocycles. The van der Waals surface area contributed by atoms with Crippen LogP contribution in [-0.2, 0) is 4.79 Å². The van der Waals surface area contributed by atoms with Gasteiger partial charge >= 0.3 is 6.03 Å². The third kappa shape index (κ3) is 6.20. The van der Waals surface area contributed by atoms with Crippen molar-refractivity contribution in [2.24, 2.45) is 0 Å². The zero-order valence-corrected chi connectivity index (χ0v) is 18.2. The Morgan fingerprint density at radius 1 is 0.966 bits per heavy atom. The lowest BCUT2D eigenvalue weighted by molar-refractivity contribution is -0.117. The van der Waals surface area contributed by atoms with Gasteiger partial charge in [0, 0.05) is 50.4 Å². The molecule has 0 aromatic heterocycles. The summed E-state index contributed by atoms with van der Waals surface area (Å²) in [5.41, 5.74) is 0.722. The highest BCUT2D eigenvalue weighted by Crippen LogP contribution is 2.24. The van der Waals surface area contributed by atoms with Gasteiger partial charge in [0.25, 0.3) is 0 Å². The van der Waals surface area contributed by atoms with Crippen molar-refractivity contribution in [2.75, 3.05) is 52.1 Å². The highest BCUT2D eigenvalue weighted by molar-refractivity contribution is 9.10. The second-order valence-corrected chi connectivity index (χ2v) is 7.98. The van der Waals surface area contributed by atoms with Crippen LogP contribution in [-0.4, -0.2) is 73.5 Å². The Balaban J connectivity index is 1.45. The van der Waals surface area contributed by atoms with Crippen LogP contribution >= 0.6 is 15.9 Å². The number of piperazine rings is 1. The van der Waals surface area contributed by atoms with Gasteiger partial charge in [-0.05, 0) is 48.5 Å². The number of halogens is 1. The average molecular weight is 461 g/mol. The predicted octanol–water partition coefficient (Wildman–Crippen LogP) is 3.48. The van der Waals surface area contributed by atoms with Gasteiger partial charge in [-0.25, -0.2) is 4.79 Å². The van der Waals surface area contributed by atoms with E-state index in [0.29, 0.717) is 38.5 Å². The van der Waals surface area contributed by atoms with E-state index in [1.54, 1.807) is 23.9 Å². The zero-order chi connectivity index (χ0) is 20.8. The summed E-state index contributed by atoms with van der Waals surface area (Å²) in [4.78, 5) is 29.7. The summed E-state index contributed by atoms with van der Waals surface area (Å²) < 4.78 is 6.78. The van der Waals surface area contributed by atoms with E-state index in [4.69, 9.17) is 4.74 Å². The van der Waals surface area contributed by atoms with Crippen LogP contribution in [0.1, 0.15) is 0 Å². The molecule has 1 N–H and O–H groups in total. The number of carbonyl (C=O) groups is 2. The Hall–Kier alpha value is -2.58. The summed E-state index contributed by atoms with van der Waals surface area (Å²) in [6.45, 7) is 2.94. The molecule has 0 spiro atoms. The van der Waals surface area contributed by atoms with Gasteiger partial charge in [-0.1, -0.05) is 15.9 Å². The first-order valence-corrected chi connectivity index (χ1v) is 10.2. The van der Waals surface area contributed by atoms with Crippen molar-refractivity contribution in [3.05, 3.63) is 53.0 Å². The molecule has 1 aliphatic heterocycles. The minimum absolute atomic E-state index is 0.0135. The highest BCUT2D eigenvalue weighted by Gasteiger charge is 2.23. The first kappa shape index (κ1) is 21.1. The molecule has 3 rings (SSSR count). The maximum atomic E-state index is 12.3. The second kappa shape index (κ2) is 9.76. The molecule has 0 radical (unpaired) electrons. The fourth-order valence-electron chi connectivity index (χ4n) is 3.03. The molecule has 1 aliphatic rings. The number of nitrogens with zero attached hydrogens (tertiary/aromatic N) is 3. The Kier molecular flexibility index (Phi) is 7.11. The van der Waals surface area contributed by atoms with Crippen molar-refractivity contribution in [3.8, 4) is 11.5 Å². The number of anilines is 1. The maximum Gasteiger partial charge on any atom is 0.319 e. The first-order valence-electron chi connectivity index (χ1n) is 9.42. The Bertz CT molecular complexity index is 832. The summed E-state index contributed by atoms with van der Waals surface area (Å²) in [6, 6.07) is 14.9. The molecule has 29 heavy (non-hydrogen) atoms. The Labute approximate surface area is 179 Å². The van der Waals surface area contributed by atoms with E-state index in [1.165, 1.54) is 0 Å². The number of rotatable bonds is 5. The fraction of sp³-hybridized carbons (Fsp3) is 0.333. The summed E-state index contributed by atoms with van der Waals surface area (Å²) >= 11 is 3.40. The first-order chi connectivity index (χ1) is 13.9. The number of hydrogen-bond donors (Lipinski definition) is 1. The van der Waals surface area contributed by atoms with Crippen LogP contribution in [0, 0.1) is 0 Å². The Morgan fingerprint density at radius 3 is 2.07 bits per heavy atom. The number of benzene rings is 2. The molecule has 1 fully saturated rings. The third-order valence-corrected chi connectivity index (χ3v) is 5.11. The highest BCUT2D eigenvalue weighted by atomic mass is 79.9. The predicted molar refractivity (Wildman–Crippen MR) is 116 cm³/mol. The van der Waals surface area contributed by atoms with Crippen LogP contribution in [0.4, 0.5) is 10.5 Å². The smallest absolute Gasteiger partial charge is 0.319 e. The van der Waals surface area contributed by atoms with E-state index in [0.717, 1.165) is 15.9 Å². The van der Waals surface area contributed by atoms with E-state index in [1.807, 2.05) is 48.5 Å². The Morgan fingerprint density at radius 2 is 1.52 bits per heavy atom. The van der Waals surface area contributed by atoms with Gasteiger partial charge < -0.3 is 19.9 Å². The summed E-state index contributed by atoms with van der Waals surface area (Å²) in [5.74, 6) is 1.38. The molecular formula is C21H25BrN4O3. The normalized spacial score (nSPS) is 14.4. The monoisotopic (exact) mass is 460 g/mol. The summed E-state index contributed by atoms with van der Waals surface area (Å²) in [6.07, 6.45) is 0. The molecule has 0 bridgehead atoms. The van der Waals surface area contributed by atoms with E-state index in [-0.39, 0.29) is 11.9 Å². The van der Waals surface area contributed by atoms with Crippen molar-refractivity contribution in [3.63, 3.8) is 0 Å². The quantitative estimate of drug-likeness (QED) is 0.741. The number of ether oxygens (including phenoxy) is 1. The molecule has 7 nitrogen and oxygen atoms in total. The molecular weight excluding hydrogens is 436 g/mol. The SMILES string of the molecule is CN(C)C(=O)N1CCN(CC(=O)Nc2ccc(Oc3ccc(Br)cc3)cc2)CC1. The second-order valence-electron chi connectivity index (χ2n) is 7.07. The van der Waals surface area contributed by atoms with Crippen LogP contribution in [0.5, 0.6) is 11.5 Å². The van der Waals surface area contributed by atoms with Gasteiger partial charge in [0.1, 0.15) is 11.5 Å². The fourth-order valence-corrected chi connectivity index (χ4v) is 3.29. The van der Waals surface area contributed by atoms with Gasteiger partial charge in [-0.2, -0.15) is 0 Å². The van der Waals surface area contributed by atoms with Crippen LogP contribution in [0.2, 0.25) is 0 Å². The molecule has 2 aromatic carbocycles. The molecule has 0 unspecified atom stereocenters. The van der Waals surface area contributed by atoms with Gasteiger partial charge in [0.05, 0.1) is 6.54 Å². The minimum atomic E-state index is -0.0704. The van der Waals surface area contributed by atoms with Crippen LogP contribution in [0.15, 0.2) is 53.0 Å². The molecule has 2 aromatic rings. The number of hydrogen-bond acceptors (Lipinski definition) is 4. The van der Waals surface area contributed by atoms with Crippen molar-refractivity contribution >= 4 is 33.6 Å². The minimum Gasteiger partial charge on any atom is -0.457 e. The van der Waals surface area contributed by atoms with Gasteiger partial charge in [-0.15, -0.1) is 0 Å². The van der Waals surface area contributed by atoms with E-state index in [2.05, 4.69) is 26.1 Å². The molecule has 154 valence electrons. The van der Waals surface area contributed by atoms with E-state index < -0.39 is 0 Å². The maximum absolute atomic E-state index is 12.3. The summed E-state index contributed by atoms with van der Waals surface area (Å²) in [5, 5.41) is 2.91. The lowest BCUT2D eigenvalue weighted by Gasteiger charge is -2.35. The number of carbonyl (C=O) groups excluding carboxylic acids is 2. The van der Waals surface area contributed by atoms with Gasteiger partial charge in [0.2, 0.25) is 5.91 Å². The lowest BCUT2D eigenvalue weighted by atomic mass is 10.3. The standard InChI is InChI=1S/C21H25BrN4O3/c1-24(2)21(28)26-13-11-25(12-14-26)15-20(27)23-17-5-9-19(10-6-17)29-18-7-3-16(22)4-8-18/h3-10H,11-15H2,1-2H3,(H,23,27). The topological polar surface area (TPSA) is 65.1 Å². The van der Waals surface area contributed by atoms with Crippen molar-refractivity contribution in [1.82, 2.24) is 14.7 Å². The van der Waals surface area contributed by atoms with Crippen LogP contribution < -0.4 is 10.1 Å². The van der Waals surface area contributed by atoms with Crippen molar-refractivity contribution in [1.29, 1.82) is 0 Å². The average Bonchev–Trinajstić information content (AvgIpc) is 2.71. The zero-order valence-electron chi connectivity index (χ0n) is 16.6. The number of amides is 3. The van der Waals surface area contributed by atoms with Crippen LogP contribution in [0.3, 0.4) is 0 Å². The number of nitrogens with one attached hydrogen (secondary N) is 1. The molecule has 1 saturated heterocycles. The van der Waals surface area contributed by atoms with E-state index >= 15 is 0 Å². The largest absolute Gasteiger partial charge is 0.457 e. The number of urea groups is 1. The molecule has 0 aliphatic carbocycles. The third-order valence-electron chi connectivity index (χ3n) is 4.58. The van der Waals surface area contributed by atoms with Gasteiger partial charge in [0.15, 0.2) is 0 Å². The molecule has 0 saturated carbocycles. The lowest BCUT2D eigenvalue weighted by Crippen LogP contribution is -2.52. The molecule has 8 heteroatoms. The van der Waals surface area contributed by atoms with E-state index in [9.17, 15) is 9.59 Å².